The number of carbonyl (C=O) groups excluding carboxylic acids is 2. The van der Waals surface area contributed by atoms with Crippen LogP contribution >= 0.6 is 0 Å². The fourth-order valence-electron chi connectivity index (χ4n) is 2.74. The summed E-state index contributed by atoms with van der Waals surface area (Å²) in [5.41, 5.74) is 0.0868. The van der Waals surface area contributed by atoms with Gasteiger partial charge in [0.2, 0.25) is 0 Å². The predicted octanol–water partition coefficient (Wildman–Crippen LogP) is 7.40. The molecule has 0 spiro atoms. The monoisotopic (exact) mass is 424 g/mol. The van der Waals surface area contributed by atoms with Crippen molar-refractivity contribution in [2.45, 2.75) is 119 Å². The molecule has 4 nitrogen and oxygen atoms in total. The quantitative estimate of drug-likeness (QED) is 0.147. The van der Waals surface area contributed by atoms with E-state index in [1.807, 2.05) is 0 Å². The van der Waals surface area contributed by atoms with Crippen LogP contribution in [0.25, 0.3) is 0 Å². The summed E-state index contributed by atoms with van der Waals surface area (Å²) in [6.07, 6.45) is 16.6. The maximum absolute atomic E-state index is 11.6. The molecule has 0 aromatic carbocycles. The van der Waals surface area contributed by atoms with E-state index in [1.54, 1.807) is 0 Å². The minimum Gasteiger partial charge on any atom is -0.465 e. The normalized spacial score (nSPS) is 12.3. The van der Waals surface area contributed by atoms with Crippen molar-refractivity contribution in [3.8, 4) is 0 Å². The molecule has 0 aliphatic rings. The molecule has 0 N–H and O–H groups in total. The van der Waals surface area contributed by atoms with Crippen molar-refractivity contribution in [2.24, 2.45) is 10.8 Å². The third kappa shape index (κ3) is 23.0. The summed E-state index contributed by atoms with van der Waals surface area (Å²) in [5, 5.41) is 0. The second-order valence-electron chi connectivity index (χ2n) is 10.8. The SMILES string of the molecule is CC(C)(C)COC(=O)CCCCC/C=C/CCCCCCCC(=O)OCC(C)(C)C. The first-order valence-electron chi connectivity index (χ1n) is 12.0. The molecule has 0 aromatic heterocycles. The molecule has 0 aliphatic heterocycles. The van der Waals surface area contributed by atoms with E-state index < -0.39 is 0 Å². The zero-order chi connectivity index (χ0) is 22.9. The molecule has 0 bridgehead atoms. The Morgan fingerprint density at radius 1 is 0.567 bits per heavy atom. The van der Waals surface area contributed by atoms with E-state index in [-0.39, 0.29) is 22.8 Å². The van der Waals surface area contributed by atoms with Gasteiger partial charge in [0.25, 0.3) is 0 Å². The van der Waals surface area contributed by atoms with Crippen LogP contribution in [0.2, 0.25) is 0 Å². The van der Waals surface area contributed by atoms with E-state index >= 15 is 0 Å². The van der Waals surface area contributed by atoms with Crippen LogP contribution in [0.5, 0.6) is 0 Å². The molecular formula is C26H48O4. The van der Waals surface area contributed by atoms with E-state index in [0.717, 1.165) is 44.9 Å². The average molecular weight is 425 g/mol. The molecule has 0 aromatic rings. The third-order valence-corrected chi connectivity index (χ3v) is 4.50. The van der Waals surface area contributed by atoms with Crippen LogP contribution in [0.4, 0.5) is 0 Å². The second-order valence-corrected chi connectivity index (χ2v) is 10.8. The Morgan fingerprint density at radius 3 is 1.30 bits per heavy atom. The van der Waals surface area contributed by atoms with Gasteiger partial charge >= 0.3 is 11.9 Å². The molecule has 0 rings (SSSR count). The van der Waals surface area contributed by atoms with Crippen molar-refractivity contribution in [3.63, 3.8) is 0 Å². The van der Waals surface area contributed by atoms with Gasteiger partial charge in [0.1, 0.15) is 0 Å². The fraction of sp³-hybridized carbons (Fsp3) is 0.846. The largest absolute Gasteiger partial charge is 0.465 e. The van der Waals surface area contributed by atoms with E-state index in [9.17, 15) is 9.59 Å². The Balaban J connectivity index is 3.38. The lowest BCUT2D eigenvalue weighted by Gasteiger charge is -2.17. The highest BCUT2D eigenvalue weighted by molar-refractivity contribution is 5.69. The molecule has 0 unspecified atom stereocenters. The lowest BCUT2D eigenvalue weighted by molar-refractivity contribution is -0.147. The summed E-state index contributed by atoms with van der Waals surface area (Å²) in [6, 6.07) is 0. The summed E-state index contributed by atoms with van der Waals surface area (Å²) in [4.78, 5) is 23.3. The van der Waals surface area contributed by atoms with Gasteiger partial charge in [-0.05, 0) is 49.4 Å². The van der Waals surface area contributed by atoms with E-state index in [4.69, 9.17) is 9.47 Å². The summed E-state index contributed by atoms with van der Waals surface area (Å²) >= 11 is 0. The molecule has 0 fully saturated rings. The standard InChI is InChI=1S/C26H48O4/c1-25(2,3)21-29-23(27)19-17-15-13-11-9-7-8-10-12-14-16-18-20-24(28)30-22-26(4,5)6/h7,9H,8,10-22H2,1-6H3/b9-7+. The van der Waals surface area contributed by atoms with Crippen LogP contribution in [-0.4, -0.2) is 25.2 Å². The number of unbranched alkanes of at least 4 members (excludes halogenated alkanes) is 8. The summed E-state index contributed by atoms with van der Waals surface area (Å²) in [5.74, 6) is -0.128. The highest BCUT2D eigenvalue weighted by Crippen LogP contribution is 2.15. The van der Waals surface area contributed by atoms with Crippen molar-refractivity contribution in [1.29, 1.82) is 0 Å². The molecule has 0 radical (unpaired) electrons. The van der Waals surface area contributed by atoms with Gasteiger partial charge in [0.15, 0.2) is 0 Å². The van der Waals surface area contributed by atoms with Crippen LogP contribution in [0.15, 0.2) is 12.2 Å². The molecule has 0 atom stereocenters. The van der Waals surface area contributed by atoms with Crippen molar-refractivity contribution < 1.29 is 19.1 Å². The van der Waals surface area contributed by atoms with E-state index in [2.05, 4.69) is 53.7 Å². The van der Waals surface area contributed by atoms with Gasteiger partial charge in [-0.25, -0.2) is 0 Å². The average Bonchev–Trinajstić information content (AvgIpc) is 2.63. The first-order chi connectivity index (χ1) is 14.0. The van der Waals surface area contributed by atoms with Crippen molar-refractivity contribution >= 4 is 11.9 Å². The summed E-state index contributed by atoms with van der Waals surface area (Å²) in [6.45, 7) is 13.4. The van der Waals surface area contributed by atoms with Crippen LogP contribution < -0.4 is 0 Å². The fourth-order valence-corrected chi connectivity index (χ4v) is 2.74. The van der Waals surface area contributed by atoms with Gasteiger partial charge < -0.3 is 9.47 Å². The van der Waals surface area contributed by atoms with Gasteiger partial charge in [0.05, 0.1) is 13.2 Å². The van der Waals surface area contributed by atoms with Crippen LogP contribution in [0.3, 0.4) is 0 Å². The van der Waals surface area contributed by atoms with Crippen molar-refractivity contribution in [3.05, 3.63) is 12.2 Å². The smallest absolute Gasteiger partial charge is 0.305 e. The lowest BCUT2D eigenvalue weighted by atomic mass is 9.99. The molecule has 0 saturated heterocycles. The minimum absolute atomic E-state index is 0.0420. The molecule has 0 saturated carbocycles. The van der Waals surface area contributed by atoms with Gasteiger partial charge in [-0.2, -0.15) is 0 Å². The van der Waals surface area contributed by atoms with Crippen LogP contribution in [0.1, 0.15) is 119 Å². The van der Waals surface area contributed by atoms with E-state index in [0.29, 0.717) is 26.1 Å². The maximum Gasteiger partial charge on any atom is 0.305 e. The number of carbonyl (C=O) groups is 2. The number of hydrogen-bond acceptors (Lipinski definition) is 4. The highest BCUT2D eigenvalue weighted by atomic mass is 16.5. The number of ether oxygens (including phenoxy) is 2. The first kappa shape index (κ1) is 28.7. The van der Waals surface area contributed by atoms with Crippen molar-refractivity contribution in [2.75, 3.05) is 13.2 Å². The molecule has 176 valence electrons. The zero-order valence-electron chi connectivity index (χ0n) is 20.7. The number of rotatable bonds is 16. The van der Waals surface area contributed by atoms with Gasteiger partial charge in [-0.15, -0.1) is 0 Å². The topological polar surface area (TPSA) is 52.6 Å². The Labute approximate surface area is 186 Å². The maximum atomic E-state index is 11.6. The summed E-state index contributed by atoms with van der Waals surface area (Å²) in [7, 11) is 0. The number of allylic oxidation sites excluding steroid dienone is 2. The third-order valence-electron chi connectivity index (χ3n) is 4.50. The summed E-state index contributed by atoms with van der Waals surface area (Å²) < 4.78 is 10.5. The van der Waals surface area contributed by atoms with Crippen LogP contribution in [0, 0.1) is 10.8 Å². The van der Waals surface area contributed by atoms with Gasteiger partial charge in [0, 0.05) is 12.8 Å². The Bertz CT molecular complexity index is 480. The van der Waals surface area contributed by atoms with E-state index in [1.165, 1.54) is 19.3 Å². The molecular weight excluding hydrogens is 376 g/mol. The second kappa shape index (κ2) is 16.4. The number of hydrogen-bond donors (Lipinski definition) is 0. The Hall–Kier alpha value is -1.32. The Kier molecular flexibility index (Phi) is 15.7. The zero-order valence-corrected chi connectivity index (χ0v) is 20.7. The first-order valence-corrected chi connectivity index (χ1v) is 12.0. The minimum atomic E-state index is -0.0673. The molecule has 0 aliphatic carbocycles. The van der Waals surface area contributed by atoms with Crippen molar-refractivity contribution in [1.82, 2.24) is 0 Å². The van der Waals surface area contributed by atoms with Gasteiger partial charge in [-0.3, -0.25) is 9.59 Å². The number of esters is 2. The Morgan fingerprint density at radius 2 is 0.900 bits per heavy atom. The van der Waals surface area contributed by atoms with Gasteiger partial charge in [-0.1, -0.05) is 79.4 Å². The lowest BCUT2D eigenvalue weighted by Crippen LogP contribution is -2.18. The molecule has 0 amide bonds. The molecule has 30 heavy (non-hydrogen) atoms. The van der Waals surface area contributed by atoms with Crippen LogP contribution in [-0.2, 0) is 19.1 Å². The predicted molar refractivity (Wildman–Crippen MR) is 125 cm³/mol. The molecule has 4 heteroatoms. The highest BCUT2D eigenvalue weighted by Gasteiger charge is 2.14. The molecule has 0 heterocycles.